The van der Waals surface area contributed by atoms with Crippen LogP contribution in [0.25, 0.3) is 0 Å². The van der Waals surface area contributed by atoms with Gasteiger partial charge in [-0.3, -0.25) is 10.1 Å². The number of para-hydroxylation sites is 1. The van der Waals surface area contributed by atoms with E-state index in [0.29, 0.717) is 11.6 Å². The van der Waals surface area contributed by atoms with Crippen LogP contribution < -0.4 is 16.4 Å². The fourth-order valence-corrected chi connectivity index (χ4v) is 3.28. The summed E-state index contributed by atoms with van der Waals surface area (Å²) in [4.78, 5) is 17.4. The number of rotatable bonds is 6. The second-order valence-corrected chi connectivity index (χ2v) is 6.90. The Labute approximate surface area is 154 Å². The number of nitrogens with two attached hydrogens (primary N) is 1. The minimum atomic E-state index is -0.863. The smallest absolute Gasteiger partial charge is 0.263 e. The van der Waals surface area contributed by atoms with E-state index in [9.17, 15) is 4.79 Å². The lowest BCUT2D eigenvalue weighted by atomic mass is 10.1. The molecule has 0 fully saturated rings. The summed E-state index contributed by atoms with van der Waals surface area (Å²) in [7, 11) is 0. The molecule has 2 aromatic carbocycles. The lowest BCUT2D eigenvalue weighted by molar-refractivity contribution is -0.116. The maximum Gasteiger partial charge on any atom is 0.263 e. The first-order valence-corrected chi connectivity index (χ1v) is 8.87. The van der Waals surface area contributed by atoms with Gasteiger partial charge in [-0.2, -0.15) is 0 Å². The highest BCUT2D eigenvalue weighted by Gasteiger charge is 2.15. The van der Waals surface area contributed by atoms with Gasteiger partial charge in [0.1, 0.15) is 0 Å². The summed E-state index contributed by atoms with van der Waals surface area (Å²) in [6.07, 6.45) is 1.54. The van der Waals surface area contributed by atoms with Gasteiger partial charge in [-0.1, -0.05) is 48.0 Å². The average Bonchev–Trinajstić information content (AvgIpc) is 3.05. The van der Waals surface area contributed by atoms with E-state index in [1.807, 2.05) is 54.6 Å². The largest absolute Gasteiger partial charge is 0.362 e. The van der Waals surface area contributed by atoms with Crippen LogP contribution >= 0.6 is 22.9 Å². The van der Waals surface area contributed by atoms with Gasteiger partial charge in [0.05, 0.1) is 0 Å². The number of carbonyl (C=O) groups excluding carboxylic acids is 1. The van der Waals surface area contributed by atoms with Crippen molar-refractivity contribution in [3.05, 3.63) is 76.3 Å². The van der Waals surface area contributed by atoms with E-state index in [4.69, 9.17) is 17.3 Å². The zero-order chi connectivity index (χ0) is 17.6. The van der Waals surface area contributed by atoms with E-state index in [1.165, 1.54) is 11.3 Å². The number of benzene rings is 2. The quantitative estimate of drug-likeness (QED) is 0.576. The van der Waals surface area contributed by atoms with E-state index < -0.39 is 6.17 Å². The molecule has 128 valence electrons. The molecule has 1 heterocycles. The number of thiazole rings is 1. The lowest BCUT2D eigenvalue weighted by Gasteiger charge is -2.13. The predicted octanol–water partition coefficient (Wildman–Crippen LogP) is 3.72. The van der Waals surface area contributed by atoms with E-state index >= 15 is 0 Å². The molecule has 1 atom stereocenters. The second kappa shape index (κ2) is 8.11. The van der Waals surface area contributed by atoms with Gasteiger partial charge in [0.2, 0.25) is 0 Å². The molecule has 1 aromatic heterocycles. The summed E-state index contributed by atoms with van der Waals surface area (Å²) in [6.45, 7) is 0. The minimum Gasteiger partial charge on any atom is -0.362 e. The summed E-state index contributed by atoms with van der Waals surface area (Å²) in [5.41, 5.74) is 7.69. The van der Waals surface area contributed by atoms with E-state index in [1.54, 1.807) is 6.20 Å². The molecule has 5 nitrogen and oxygen atoms in total. The van der Waals surface area contributed by atoms with Crippen LogP contribution in [-0.4, -0.2) is 17.1 Å². The molecular weight excluding hydrogens is 356 g/mol. The maximum atomic E-state index is 12.2. The van der Waals surface area contributed by atoms with Gasteiger partial charge in [0, 0.05) is 28.2 Å². The van der Waals surface area contributed by atoms with Crippen molar-refractivity contribution in [1.29, 1.82) is 0 Å². The van der Waals surface area contributed by atoms with Crippen molar-refractivity contribution < 1.29 is 4.79 Å². The Hall–Kier alpha value is -2.41. The molecule has 3 aromatic rings. The maximum absolute atomic E-state index is 12.2. The molecule has 0 spiro atoms. The summed E-state index contributed by atoms with van der Waals surface area (Å²) >= 11 is 7.58. The van der Waals surface area contributed by atoms with Crippen LogP contribution in [0.5, 0.6) is 0 Å². The van der Waals surface area contributed by atoms with Crippen LogP contribution in [0, 0.1) is 0 Å². The number of hydrogen-bond acceptors (Lipinski definition) is 5. The molecule has 0 saturated heterocycles. The highest BCUT2D eigenvalue weighted by Crippen LogP contribution is 2.24. The third-order valence-corrected chi connectivity index (χ3v) is 4.77. The third-order valence-electron chi connectivity index (χ3n) is 3.48. The van der Waals surface area contributed by atoms with E-state index in [-0.39, 0.29) is 5.91 Å². The Bertz CT molecular complexity index is 853. The van der Waals surface area contributed by atoms with Gasteiger partial charge >= 0.3 is 0 Å². The first-order chi connectivity index (χ1) is 12.1. The normalized spacial score (nSPS) is 11.8. The molecule has 0 aliphatic heterocycles. The fourth-order valence-electron chi connectivity index (χ4n) is 2.24. The van der Waals surface area contributed by atoms with Gasteiger partial charge < -0.3 is 11.1 Å². The topological polar surface area (TPSA) is 80.0 Å². The number of nitrogens with zero attached hydrogens (tertiary/aromatic N) is 1. The van der Waals surface area contributed by atoms with Gasteiger partial charge in [-0.25, -0.2) is 4.98 Å². The van der Waals surface area contributed by atoms with Crippen LogP contribution in [0.1, 0.15) is 10.4 Å². The highest BCUT2D eigenvalue weighted by atomic mass is 35.5. The molecule has 3 rings (SSSR count). The molecule has 0 radical (unpaired) electrons. The average molecular weight is 373 g/mol. The minimum absolute atomic E-state index is 0.345. The van der Waals surface area contributed by atoms with Gasteiger partial charge in [0.15, 0.2) is 11.3 Å². The number of nitrogens with one attached hydrogen (secondary N) is 2. The SMILES string of the molecule is NC(Nc1ccccc1)C(=O)Nc1ncc(Cc2ccccc2Cl)s1. The third kappa shape index (κ3) is 4.79. The van der Waals surface area contributed by atoms with Crippen molar-refractivity contribution in [3.63, 3.8) is 0 Å². The molecule has 7 heteroatoms. The number of aromatic nitrogens is 1. The number of halogens is 1. The zero-order valence-electron chi connectivity index (χ0n) is 13.3. The van der Waals surface area contributed by atoms with Crippen LogP contribution in [0.15, 0.2) is 60.8 Å². The Morgan fingerprint density at radius 2 is 1.88 bits per heavy atom. The second-order valence-electron chi connectivity index (χ2n) is 5.38. The monoisotopic (exact) mass is 372 g/mol. The van der Waals surface area contributed by atoms with Crippen LogP contribution in [0.4, 0.5) is 10.8 Å². The van der Waals surface area contributed by atoms with E-state index in [0.717, 1.165) is 21.2 Å². The van der Waals surface area contributed by atoms with Crippen molar-refractivity contribution in [2.75, 3.05) is 10.6 Å². The molecule has 0 saturated carbocycles. The van der Waals surface area contributed by atoms with Gasteiger partial charge in [-0.15, -0.1) is 11.3 Å². The molecule has 0 bridgehead atoms. The predicted molar refractivity (Wildman–Crippen MR) is 103 cm³/mol. The Kier molecular flexibility index (Phi) is 5.65. The highest BCUT2D eigenvalue weighted by molar-refractivity contribution is 7.15. The molecule has 0 aliphatic rings. The van der Waals surface area contributed by atoms with Crippen molar-refractivity contribution in [2.24, 2.45) is 5.73 Å². The Morgan fingerprint density at radius 1 is 1.16 bits per heavy atom. The molecule has 4 N–H and O–H groups in total. The molecular formula is C18H17ClN4OS. The fraction of sp³-hybridized carbons (Fsp3) is 0.111. The van der Waals surface area contributed by atoms with Gasteiger partial charge in [0.25, 0.3) is 5.91 Å². The van der Waals surface area contributed by atoms with Gasteiger partial charge in [-0.05, 0) is 23.8 Å². The van der Waals surface area contributed by atoms with Crippen LogP contribution in [0.3, 0.4) is 0 Å². The van der Waals surface area contributed by atoms with E-state index in [2.05, 4.69) is 15.6 Å². The van der Waals surface area contributed by atoms with Crippen molar-refractivity contribution >= 4 is 39.7 Å². The zero-order valence-corrected chi connectivity index (χ0v) is 14.8. The number of amides is 1. The molecule has 1 unspecified atom stereocenters. The Morgan fingerprint density at radius 3 is 2.64 bits per heavy atom. The first kappa shape index (κ1) is 17.4. The number of carbonyl (C=O) groups is 1. The summed E-state index contributed by atoms with van der Waals surface area (Å²) < 4.78 is 0. The van der Waals surface area contributed by atoms with Crippen molar-refractivity contribution in [3.8, 4) is 0 Å². The van der Waals surface area contributed by atoms with Crippen molar-refractivity contribution in [2.45, 2.75) is 12.6 Å². The molecule has 25 heavy (non-hydrogen) atoms. The summed E-state index contributed by atoms with van der Waals surface area (Å²) in [6, 6.07) is 17.0. The number of anilines is 2. The van der Waals surface area contributed by atoms with Crippen LogP contribution in [-0.2, 0) is 11.2 Å². The summed E-state index contributed by atoms with van der Waals surface area (Å²) in [5.74, 6) is -0.345. The van der Waals surface area contributed by atoms with Crippen molar-refractivity contribution in [1.82, 2.24) is 4.98 Å². The first-order valence-electron chi connectivity index (χ1n) is 7.68. The lowest BCUT2D eigenvalue weighted by Crippen LogP contribution is -2.42. The molecule has 0 aliphatic carbocycles. The van der Waals surface area contributed by atoms with Crippen LogP contribution in [0.2, 0.25) is 5.02 Å². The standard InChI is InChI=1S/C18H17ClN4OS/c19-15-9-5-4-6-12(15)10-14-11-21-18(25-14)23-17(24)16(20)22-13-7-2-1-3-8-13/h1-9,11,16,22H,10,20H2,(H,21,23,24). The summed E-state index contributed by atoms with van der Waals surface area (Å²) in [5, 5.41) is 6.90. The Balaban J connectivity index is 1.59. The number of hydrogen-bond donors (Lipinski definition) is 3. The molecule has 1 amide bonds.